The maximum Gasteiger partial charge on any atom is 0.278 e. The summed E-state index contributed by atoms with van der Waals surface area (Å²) in [4.78, 5) is 25.7. The minimum atomic E-state index is -0.976. The molecule has 0 spiro atoms. The van der Waals surface area contributed by atoms with Crippen LogP contribution < -0.4 is 5.56 Å². The van der Waals surface area contributed by atoms with Crippen LogP contribution in [-0.2, 0) is 13.6 Å². The van der Waals surface area contributed by atoms with Crippen LogP contribution >= 0.6 is 0 Å². The largest absolute Gasteiger partial charge is 0.294 e. The number of halogens is 2. The zero-order chi connectivity index (χ0) is 22.8. The predicted molar refractivity (Wildman–Crippen MR) is 119 cm³/mol. The minimum absolute atomic E-state index is 0.0383. The van der Waals surface area contributed by atoms with Gasteiger partial charge in [0.05, 0.1) is 18.3 Å². The third kappa shape index (κ3) is 4.16. The molecule has 4 rings (SSSR count). The number of nitrogens with one attached hydrogen (secondary N) is 1. The van der Waals surface area contributed by atoms with E-state index in [0.29, 0.717) is 17.7 Å². The molecule has 2 heterocycles. The first kappa shape index (κ1) is 21.4. The number of carbonyl (C=O) groups is 1. The molecule has 6 nitrogen and oxygen atoms in total. The van der Waals surface area contributed by atoms with Crippen molar-refractivity contribution in [2.24, 2.45) is 7.05 Å². The summed E-state index contributed by atoms with van der Waals surface area (Å²) in [5, 5.41) is 7.93. The lowest BCUT2D eigenvalue weighted by Crippen LogP contribution is -2.25. The molecule has 0 fully saturated rings. The van der Waals surface area contributed by atoms with E-state index in [1.54, 1.807) is 24.9 Å². The maximum atomic E-state index is 13.5. The first-order chi connectivity index (χ1) is 15.3. The number of nitrogens with zero attached hydrogens (tertiary/aromatic N) is 3. The van der Waals surface area contributed by atoms with Gasteiger partial charge in [-0.3, -0.25) is 19.4 Å². The molecule has 0 aliphatic heterocycles. The van der Waals surface area contributed by atoms with Crippen LogP contribution in [0.3, 0.4) is 0 Å². The summed E-state index contributed by atoms with van der Waals surface area (Å²) in [5.74, 6) is -2.17. The molecule has 2 aromatic carbocycles. The van der Waals surface area contributed by atoms with Gasteiger partial charge in [-0.2, -0.15) is 5.10 Å². The molecule has 4 aromatic rings. The van der Waals surface area contributed by atoms with Gasteiger partial charge in [-0.15, -0.1) is 0 Å². The highest BCUT2D eigenvalue weighted by atomic mass is 19.2. The Bertz CT molecular complexity index is 1400. The molecule has 164 valence electrons. The average molecular weight is 436 g/mol. The zero-order valence-corrected chi connectivity index (χ0v) is 17.7. The number of hydrogen-bond donors (Lipinski definition) is 1. The molecule has 0 aliphatic carbocycles. The Hall–Kier alpha value is -3.81. The van der Waals surface area contributed by atoms with Gasteiger partial charge in [0.25, 0.3) is 5.56 Å². The fraction of sp³-hybridized carbons (Fsp3) is 0.208. The first-order valence-corrected chi connectivity index (χ1v) is 10.2. The van der Waals surface area contributed by atoms with E-state index in [1.165, 1.54) is 10.7 Å². The Labute approximate surface area is 182 Å². The Morgan fingerprint density at radius 1 is 1.16 bits per heavy atom. The summed E-state index contributed by atoms with van der Waals surface area (Å²) < 4.78 is 29.6. The lowest BCUT2D eigenvalue weighted by Gasteiger charge is -2.08. The second-order valence-electron chi connectivity index (χ2n) is 7.68. The molecule has 32 heavy (non-hydrogen) atoms. The Kier molecular flexibility index (Phi) is 5.85. The predicted octanol–water partition coefficient (Wildman–Crippen LogP) is 4.37. The van der Waals surface area contributed by atoms with Gasteiger partial charge in [-0.25, -0.2) is 13.5 Å². The Morgan fingerprint density at radius 3 is 2.75 bits per heavy atom. The van der Waals surface area contributed by atoms with E-state index in [1.807, 2.05) is 30.4 Å². The van der Waals surface area contributed by atoms with Crippen LogP contribution in [-0.4, -0.2) is 25.3 Å². The number of allylic oxidation sites excluding steroid dienone is 1. The second-order valence-corrected chi connectivity index (χ2v) is 7.68. The lowest BCUT2D eigenvalue weighted by molar-refractivity contribution is 0.0982. The number of aromatic amines is 1. The molecule has 0 amide bonds. The van der Waals surface area contributed by atoms with Crippen LogP contribution in [0.15, 0.2) is 53.5 Å². The molecule has 0 radical (unpaired) electrons. The van der Waals surface area contributed by atoms with Gasteiger partial charge in [0.15, 0.2) is 17.4 Å². The molecular weight excluding hydrogens is 414 g/mol. The third-order valence-electron chi connectivity index (χ3n) is 5.57. The molecular formula is C24H22F2N4O2. The highest BCUT2D eigenvalue weighted by molar-refractivity contribution is 5.97. The van der Waals surface area contributed by atoms with Crippen molar-refractivity contribution in [2.75, 3.05) is 0 Å². The molecule has 1 N–H and O–H groups in total. The van der Waals surface area contributed by atoms with Crippen LogP contribution in [0.4, 0.5) is 8.78 Å². The third-order valence-corrected chi connectivity index (χ3v) is 5.57. The number of H-pyrrole nitrogens is 1. The lowest BCUT2D eigenvalue weighted by atomic mass is 10.1. The van der Waals surface area contributed by atoms with E-state index in [9.17, 15) is 18.4 Å². The fourth-order valence-corrected chi connectivity index (χ4v) is 3.69. The fourth-order valence-electron chi connectivity index (χ4n) is 3.69. The Morgan fingerprint density at radius 2 is 1.97 bits per heavy atom. The second kappa shape index (κ2) is 8.74. The molecule has 0 saturated carbocycles. The van der Waals surface area contributed by atoms with Gasteiger partial charge in [0.2, 0.25) is 0 Å². The van der Waals surface area contributed by atoms with Crippen LogP contribution in [0.25, 0.3) is 17.0 Å². The summed E-state index contributed by atoms with van der Waals surface area (Å²) in [6, 6.07) is 9.39. The molecule has 0 atom stereocenters. The number of carbonyl (C=O) groups excluding carboxylic acids is 1. The molecule has 0 bridgehead atoms. The van der Waals surface area contributed by atoms with Gasteiger partial charge in [0.1, 0.15) is 5.56 Å². The van der Waals surface area contributed by atoms with E-state index >= 15 is 0 Å². The summed E-state index contributed by atoms with van der Waals surface area (Å²) in [7, 11) is 1.67. The van der Waals surface area contributed by atoms with Gasteiger partial charge < -0.3 is 0 Å². The Balaban J connectivity index is 1.46. The van der Waals surface area contributed by atoms with E-state index in [2.05, 4.69) is 10.2 Å². The summed E-state index contributed by atoms with van der Waals surface area (Å²) in [5.41, 5.74) is 2.58. The van der Waals surface area contributed by atoms with Crippen molar-refractivity contribution in [3.63, 3.8) is 0 Å². The van der Waals surface area contributed by atoms with Crippen LogP contribution in [0.1, 0.15) is 40.0 Å². The van der Waals surface area contributed by atoms with Crippen LogP contribution in [0, 0.1) is 18.6 Å². The molecule has 8 heteroatoms. The van der Waals surface area contributed by atoms with Crippen molar-refractivity contribution in [2.45, 2.75) is 26.3 Å². The summed E-state index contributed by atoms with van der Waals surface area (Å²) in [6.07, 6.45) is 6.24. The highest BCUT2D eigenvalue weighted by Gasteiger charge is 2.21. The van der Waals surface area contributed by atoms with Gasteiger partial charge in [0, 0.05) is 24.5 Å². The number of rotatable bonds is 7. The topological polar surface area (TPSA) is 72.7 Å². The first-order valence-electron chi connectivity index (χ1n) is 10.2. The normalized spacial score (nSPS) is 11.6. The molecule has 2 aromatic heterocycles. The maximum absolute atomic E-state index is 13.5. The van der Waals surface area contributed by atoms with Crippen molar-refractivity contribution in [3.05, 3.63) is 93.0 Å². The molecule has 0 unspecified atom stereocenters. The SMILES string of the molecule is Cc1c(C(=O)CC/C=C\c2ccc3cn[nH]c3c2)c(=O)n(Cc2ccc(F)c(F)c2)n1C. The van der Waals surface area contributed by atoms with Gasteiger partial charge in [-0.05, 0) is 42.7 Å². The summed E-state index contributed by atoms with van der Waals surface area (Å²) in [6.45, 7) is 1.74. The van der Waals surface area contributed by atoms with Crippen LogP contribution in [0.2, 0.25) is 0 Å². The quantitative estimate of drug-likeness (QED) is 0.437. The summed E-state index contributed by atoms with van der Waals surface area (Å²) >= 11 is 0. The monoisotopic (exact) mass is 436 g/mol. The van der Waals surface area contributed by atoms with Crippen molar-refractivity contribution in [1.29, 1.82) is 0 Å². The molecule has 0 aliphatic rings. The number of hydrogen-bond acceptors (Lipinski definition) is 3. The minimum Gasteiger partial charge on any atom is -0.294 e. The zero-order valence-electron chi connectivity index (χ0n) is 17.7. The van der Waals surface area contributed by atoms with Crippen molar-refractivity contribution >= 4 is 22.8 Å². The van der Waals surface area contributed by atoms with E-state index in [-0.39, 0.29) is 24.3 Å². The average Bonchev–Trinajstić information content (AvgIpc) is 3.32. The van der Waals surface area contributed by atoms with E-state index in [0.717, 1.165) is 28.6 Å². The number of fused-ring (bicyclic) bond motifs is 1. The molecule has 0 saturated heterocycles. The highest BCUT2D eigenvalue weighted by Crippen LogP contribution is 2.15. The number of Topliss-reactive ketones (excluding diaryl/α,β-unsaturated/α-hetero) is 1. The standard InChI is InChI=1S/C24H22F2N4O2/c1-15-23(24(32)30(29(15)2)14-17-8-10-19(25)20(26)11-17)22(31)6-4-3-5-16-7-9-18-13-27-28-21(18)12-16/h3,5,7-13H,4,6,14H2,1-2H3,(H,27,28)/b5-3-. The number of aromatic nitrogens is 4. The van der Waals surface area contributed by atoms with Crippen molar-refractivity contribution < 1.29 is 13.6 Å². The van der Waals surface area contributed by atoms with Crippen LogP contribution in [0.5, 0.6) is 0 Å². The van der Waals surface area contributed by atoms with E-state index < -0.39 is 17.2 Å². The van der Waals surface area contributed by atoms with Gasteiger partial charge in [-0.1, -0.05) is 30.4 Å². The van der Waals surface area contributed by atoms with E-state index in [4.69, 9.17) is 0 Å². The van der Waals surface area contributed by atoms with Gasteiger partial charge >= 0.3 is 0 Å². The van der Waals surface area contributed by atoms with Crippen molar-refractivity contribution in [3.8, 4) is 0 Å². The number of benzene rings is 2. The number of ketones is 1. The smallest absolute Gasteiger partial charge is 0.278 e. The van der Waals surface area contributed by atoms with Crippen molar-refractivity contribution in [1.82, 2.24) is 19.6 Å².